The monoisotopic (exact) mass is 544 g/mol. The molecule has 0 aromatic heterocycles. The number of nitrogens with one attached hydrogen (secondary N) is 1. The van der Waals surface area contributed by atoms with Crippen LogP contribution < -0.4 is 10.4 Å². The van der Waals surface area contributed by atoms with E-state index in [1.807, 2.05) is 0 Å². The molecule has 6 nitrogen and oxygen atoms in total. The second kappa shape index (κ2) is 9.26. The summed E-state index contributed by atoms with van der Waals surface area (Å²) in [5.41, 5.74) is 2.82. The van der Waals surface area contributed by atoms with Gasteiger partial charge >= 0.3 is 0 Å². The van der Waals surface area contributed by atoms with Crippen molar-refractivity contribution in [1.29, 1.82) is 0 Å². The Bertz CT molecular complexity index is 788. The molecule has 0 saturated carbocycles. The van der Waals surface area contributed by atoms with E-state index >= 15 is 0 Å². The van der Waals surface area contributed by atoms with Gasteiger partial charge in [0, 0.05) is 47.9 Å². The van der Waals surface area contributed by atoms with E-state index in [1.165, 1.54) is 3.57 Å². The van der Waals surface area contributed by atoms with Crippen LogP contribution in [0.1, 0.15) is 40.0 Å². The van der Waals surface area contributed by atoms with E-state index in [9.17, 15) is 4.79 Å². The standard InChI is InChI=1S/C22H33IN4O2S/c1-21(2)14-22(3,10-9-19(28)24-29)18-13-25(4)11-12-26(18)20(30)27(15-21)17-7-5-16(23)6-8-17/h5-8,18,29H,9-15H2,1-4H3,(H,24,28). The number of amides is 1. The summed E-state index contributed by atoms with van der Waals surface area (Å²) >= 11 is 8.43. The lowest BCUT2D eigenvalue weighted by Crippen LogP contribution is -2.65. The summed E-state index contributed by atoms with van der Waals surface area (Å²) in [4.78, 5) is 18.9. The van der Waals surface area contributed by atoms with Gasteiger partial charge in [-0.25, -0.2) is 5.48 Å². The summed E-state index contributed by atoms with van der Waals surface area (Å²) in [6, 6.07) is 8.77. The average Bonchev–Trinajstić information content (AvgIpc) is 2.69. The zero-order chi connectivity index (χ0) is 22.1. The smallest absolute Gasteiger partial charge is 0.243 e. The molecule has 2 fully saturated rings. The lowest BCUT2D eigenvalue weighted by Gasteiger charge is -2.56. The number of halogens is 1. The van der Waals surface area contributed by atoms with Crippen LogP contribution in [0.15, 0.2) is 24.3 Å². The minimum atomic E-state index is -0.324. The molecule has 3 rings (SSSR count). The summed E-state index contributed by atoms with van der Waals surface area (Å²) in [6.45, 7) is 10.5. The molecule has 1 aromatic rings. The summed E-state index contributed by atoms with van der Waals surface area (Å²) in [6.07, 6.45) is 1.99. The maximum absolute atomic E-state index is 11.8. The van der Waals surface area contributed by atoms with Crippen LogP contribution in [0, 0.1) is 14.4 Å². The summed E-state index contributed by atoms with van der Waals surface area (Å²) < 4.78 is 1.21. The third-order valence-corrected chi connectivity index (χ3v) is 7.69. The zero-order valence-electron chi connectivity index (χ0n) is 18.3. The van der Waals surface area contributed by atoms with Crippen LogP contribution >= 0.6 is 34.8 Å². The largest absolute Gasteiger partial charge is 0.343 e. The summed E-state index contributed by atoms with van der Waals surface area (Å²) in [5.74, 6) is -0.324. The van der Waals surface area contributed by atoms with Gasteiger partial charge in [0.25, 0.3) is 0 Å². The van der Waals surface area contributed by atoms with Gasteiger partial charge in [0.15, 0.2) is 5.11 Å². The van der Waals surface area contributed by atoms with Gasteiger partial charge in [-0.15, -0.1) is 0 Å². The predicted octanol–water partition coefficient (Wildman–Crippen LogP) is 3.72. The number of piperazine rings is 1. The number of carbonyl (C=O) groups excluding carboxylic acids is 1. The lowest BCUT2D eigenvalue weighted by molar-refractivity contribution is -0.130. The van der Waals surface area contributed by atoms with Crippen molar-refractivity contribution >= 4 is 51.5 Å². The fourth-order valence-corrected chi connectivity index (χ4v) is 5.94. The molecule has 1 amide bonds. The molecule has 1 aromatic carbocycles. The highest BCUT2D eigenvalue weighted by Gasteiger charge is 2.47. The van der Waals surface area contributed by atoms with E-state index in [1.54, 1.807) is 5.48 Å². The van der Waals surface area contributed by atoms with E-state index in [-0.39, 0.29) is 22.8 Å². The van der Waals surface area contributed by atoms with Crippen molar-refractivity contribution < 1.29 is 10.0 Å². The lowest BCUT2D eigenvalue weighted by atomic mass is 9.65. The van der Waals surface area contributed by atoms with Crippen LogP contribution in [0.2, 0.25) is 0 Å². The van der Waals surface area contributed by atoms with Crippen LogP contribution in [0.4, 0.5) is 5.69 Å². The molecule has 2 aliphatic rings. The van der Waals surface area contributed by atoms with Crippen LogP contribution in [-0.2, 0) is 4.79 Å². The Kier molecular flexibility index (Phi) is 7.31. The maximum atomic E-state index is 11.8. The SMILES string of the molecule is CN1CCN2C(=S)N(c3ccc(I)cc3)CC(C)(C)CC(C)(CCC(=O)NO)C2C1. The highest BCUT2D eigenvalue weighted by atomic mass is 127. The molecule has 166 valence electrons. The van der Waals surface area contributed by atoms with Crippen molar-refractivity contribution in [3.05, 3.63) is 27.8 Å². The number of fused-ring (bicyclic) bond motifs is 1. The number of hydrogen-bond acceptors (Lipinski definition) is 4. The topological polar surface area (TPSA) is 59.0 Å². The number of thiocarbonyl (C=S) groups is 1. The minimum Gasteiger partial charge on any atom is -0.343 e. The van der Waals surface area contributed by atoms with Crippen molar-refractivity contribution in [1.82, 2.24) is 15.3 Å². The number of carbonyl (C=O) groups is 1. The second-order valence-corrected chi connectivity index (χ2v) is 11.5. The fourth-order valence-electron chi connectivity index (χ4n) is 5.20. The molecule has 2 saturated heterocycles. The van der Waals surface area contributed by atoms with E-state index in [2.05, 4.69) is 89.4 Å². The molecule has 2 heterocycles. The number of hydroxylamine groups is 1. The van der Waals surface area contributed by atoms with Crippen LogP contribution in [0.5, 0.6) is 0 Å². The van der Waals surface area contributed by atoms with Gasteiger partial charge in [-0.3, -0.25) is 10.0 Å². The molecular weight excluding hydrogens is 511 g/mol. The molecule has 0 spiro atoms. The van der Waals surface area contributed by atoms with Gasteiger partial charge in [-0.2, -0.15) is 0 Å². The normalized spacial score (nSPS) is 27.3. The number of hydrogen-bond donors (Lipinski definition) is 2. The van der Waals surface area contributed by atoms with E-state index < -0.39 is 0 Å². The average molecular weight is 545 g/mol. The van der Waals surface area contributed by atoms with Crippen molar-refractivity contribution in [2.75, 3.05) is 38.1 Å². The van der Waals surface area contributed by atoms with Gasteiger partial charge < -0.3 is 14.7 Å². The first-order valence-corrected chi connectivity index (χ1v) is 12.0. The van der Waals surface area contributed by atoms with Gasteiger partial charge in [0.1, 0.15) is 0 Å². The Labute approximate surface area is 199 Å². The third-order valence-electron chi connectivity index (χ3n) is 6.52. The Morgan fingerprint density at radius 1 is 1.27 bits per heavy atom. The van der Waals surface area contributed by atoms with Crippen molar-refractivity contribution in [2.24, 2.45) is 10.8 Å². The molecule has 0 aliphatic carbocycles. The van der Waals surface area contributed by atoms with Crippen LogP contribution in [0.3, 0.4) is 0 Å². The molecule has 30 heavy (non-hydrogen) atoms. The van der Waals surface area contributed by atoms with E-state index in [0.717, 1.165) is 43.4 Å². The highest BCUT2D eigenvalue weighted by molar-refractivity contribution is 14.1. The fraction of sp³-hybridized carbons (Fsp3) is 0.636. The summed E-state index contributed by atoms with van der Waals surface area (Å²) in [5, 5.41) is 9.88. The Hall–Kier alpha value is -0.970. The highest BCUT2D eigenvalue weighted by Crippen LogP contribution is 2.46. The van der Waals surface area contributed by atoms with Crippen molar-refractivity contribution in [3.8, 4) is 0 Å². The molecule has 2 atom stereocenters. The van der Waals surface area contributed by atoms with Crippen LogP contribution in [-0.4, -0.2) is 65.3 Å². The second-order valence-electron chi connectivity index (χ2n) is 9.85. The molecule has 8 heteroatoms. The third kappa shape index (κ3) is 5.26. The number of likely N-dealkylation sites (N-methyl/N-ethyl adjacent to an activating group) is 1. The first-order valence-electron chi connectivity index (χ1n) is 10.5. The number of rotatable bonds is 4. The van der Waals surface area contributed by atoms with Crippen molar-refractivity contribution in [2.45, 2.75) is 46.1 Å². The molecule has 2 unspecified atom stereocenters. The Morgan fingerprint density at radius 3 is 2.57 bits per heavy atom. The first kappa shape index (κ1) is 23.7. The van der Waals surface area contributed by atoms with Gasteiger partial charge in [0.05, 0.1) is 0 Å². The number of benzene rings is 1. The molecule has 0 bridgehead atoms. The first-order chi connectivity index (χ1) is 14.0. The molecule has 2 N–H and O–H groups in total. The van der Waals surface area contributed by atoms with E-state index in [4.69, 9.17) is 17.4 Å². The van der Waals surface area contributed by atoms with Crippen molar-refractivity contribution in [3.63, 3.8) is 0 Å². The summed E-state index contributed by atoms with van der Waals surface area (Å²) in [7, 11) is 2.15. The Morgan fingerprint density at radius 2 is 1.93 bits per heavy atom. The number of anilines is 1. The Balaban J connectivity index is 1.99. The molecular formula is C22H33IN4O2S. The minimum absolute atomic E-state index is 0.000391. The zero-order valence-corrected chi connectivity index (χ0v) is 21.3. The molecule has 2 aliphatic heterocycles. The predicted molar refractivity (Wildman–Crippen MR) is 133 cm³/mol. The van der Waals surface area contributed by atoms with E-state index in [0.29, 0.717) is 12.8 Å². The van der Waals surface area contributed by atoms with Gasteiger partial charge in [0.2, 0.25) is 5.91 Å². The maximum Gasteiger partial charge on any atom is 0.243 e. The molecule has 0 radical (unpaired) electrons. The van der Waals surface area contributed by atoms with Gasteiger partial charge in [-0.05, 0) is 89.8 Å². The quantitative estimate of drug-likeness (QED) is 0.261. The van der Waals surface area contributed by atoms with Gasteiger partial charge in [-0.1, -0.05) is 20.8 Å². The number of nitrogens with zero attached hydrogens (tertiary/aromatic N) is 3. The van der Waals surface area contributed by atoms with Crippen LogP contribution in [0.25, 0.3) is 0 Å².